The monoisotopic (exact) mass is 405 g/mol. The molecule has 0 spiro atoms. The van der Waals surface area contributed by atoms with Gasteiger partial charge in [0.25, 0.3) is 0 Å². The van der Waals surface area contributed by atoms with Crippen molar-refractivity contribution in [2.45, 2.75) is 0 Å². The lowest BCUT2D eigenvalue weighted by Gasteiger charge is -2.18. The van der Waals surface area contributed by atoms with Crippen molar-refractivity contribution in [2.75, 3.05) is 13.2 Å². The van der Waals surface area contributed by atoms with E-state index in [0.717, 1.165) is 11.5 Å². The van der Waals surface area contributed by atoms with Gasteiger partial charge in [-0.2, -0.15) is 4.40 Å². The molecule has 0 saturated heterocycles. The molecule has 17 heavy (non-hydrogen) atoms. The first kappa shape index (κ1) is 13.7. The van der Waals surface area contributed by atoms with Crippen molar-refractivity contribution < 1.29 is 13.7 Å². The van der Waals surface area contributed by atoms with Crippen molar-refractivity contribution in [3.8, 4) is 11.5 Å². The maximum Gasteiger partial charge on any atom is 0.166 e. The molecule has 0 bridgehead atoms. The maximum absolute atomic E-state index is 10.4. The van der Waals surface area contributed by atoms with Crippen LogP contribution in [0.25, 0.3) is 0 Å². The predicted octanol–water partition coefficient (Wildman–Crippen LogP) is 2.54. The van der Waals surface area contributed by atoms with Gasteiger partial charge < -0.3 is 9.47 Å². The third-order valence-electron chi connectivity index (χ3n) is 1.81. The van der Waals surface area contributed by atoms with Crippen LogP contribution in [0.15, 0.2) is 22.6 Å². The van der Waals surface area contributed by atoms with Crippen LogP contribution in [0.4, 0.5) is 0 Å². The van der Waals surface area contributed by atoms with Crippen molar-refractivity contribution in [1.82, 2.24) is 0 Å². The highest BCUT2D eigenvalue weighted by molar-refractivity contribution is 14.2. The minimum absolute atomic E-state index is 0.526. The molecule has 0 aromatic heterocycles. The molecule has 2 rings (SSSR count). The summed E-state index contributed by atoms with van der Waals surface area (Å²) in [6, 6.07) is 5.28. The lowest BCUT2D eigenvalue weighted by Crippen LogP contribution is -2.15. The van der Waals surface area contributed by atoms with Gasteiger partial charge in [0.2, 0.25) is 0 Å². The van der Waals surface area contributed by atoms with E-state index in [9.17, 15) is 4.21 Å². The van der Waals surface area contributed by atoms with E-state index in [-0.39, 0.29) is 0 Å². The number of thiol groups is 1. The highest BCUT2D eigenvalue weighted by Gasteiger charge is 2.10. The highest BCUT2D eigenvalue weighted by Crippen LogP contribution is 2.30. The summed E-state index contributed by atoms with van der Waals surface area (Å²) in [4.78, 5) is 0. The molecule has 1 heterocycles. The van der Waals surface area contributed by atoms with Crippen LogP contribution in [0.1, 0.15) is 5.56 Å². The van der Waals surface area contributed by atoms with E-state index in [0.29, 0.717) is 24.7 Å². The lowest BCUT2D eigenvalue weighted by atomic mass is 10.2. The Morgan fingerprint density at radius 1 is 1.53 bits per heavy atom. The molecule has 1 aromatic carbocycles. The van der Waals surface area contributed by atoms with Crippen molar-refractivity contribution in [2.24, 2.45) is 4.40 Å². The standard InChI is InChI=1S/C9H9NO3S.H3IP2/c11-14-10-6-7-1-2-8-9(5-7)13-4-3-12-8;1-3-2/h1-2,5-6,14H,3-4H2;3H,2H2/i14T;. The Labute approximate surface area is 122 Å². The van der Waals surface area contributed by atoms with E-state index >= 15 is 0 Å². The Kier molecular flexibility index (Phi) is 7.39. The fraction of sp³-hybridized carbons (Fsp3) is 0.222. The average Bonchev–Trinajstić information content (AvgIpc) is 2.37. The molecule has 0 radical (unpaired) electrons. The van der Waals surface area contributed by atoms with E-state index in [1.54, 1.807) is 18.2 Å². The van der Waals surface area contributed by atoms with Crippen LogP contribution in [0.2, 0.25) is 0 Å². The number of benzene rings is 1. The van der Waals surface area contributed by atoms with Crippen molar-refractivity contribution in [3.63, 3.8) is 0 Å². The Morgan fingerprint density at radius 2 is 2.18 bits per heavy atom. The van der Waals surface area contributed by atoms with Gasteiger partial charge in [-0.1, -0.05) is 22.0 Å². The first-order valence-corrected chi connectivity index (χ1v) is 11.2. The van der Waals surface area contributed by atoms with Crippen LogP contribution in [-0.4, -0.2) is 24.8 Å². The van der Waals surface area contributed by atoms with E-state index in [1.807, 2.05) is 0 Å². The summed E-state index contributed by atoms with van der Waals surface area (Å²) in [5.74, 6) is 2.32. The van der Waals surface area contributed by atoms with Crippen LogP contribution in [0.5, 0.6) is 11.5 Å². The molecule has 0 saturated carbocycles. The normalized spacial score (nSPS) is 16.5. The maximum atomic E-state index is 10.4. The third kappa shape index (κ3) is 5.60. The number of fused-ring (bicyclic) bond motifs is 1. The first-order valence-electron chi connectivity index (χ1n) is 5.01. The number of hydrogen-bond donors (Lipinski definition) is 1. The number of ether oxygens (including phenoxy) is 2. The van der Waals surface area contributed by atoms with Gasteiger partial charge in [0.05, 0.1) is 0 Å². The molecule has 3 atom stereocenters. The summed E-state index contributed by atoms with van der Waals surface area (Å²) in [6.45, 7) is 1.08. The van der Waals surface area contributed by atoms with Gasteiger partial charge in [0.15, 0.2) is 12.6 Å². The highest BCUT2D eigenvalue weighted by atomic mass is 127. The average molecular weight is 405 g/mol. The van der Waals surface area contributed by atoms with Crippen LogP contribution in [0.3, 0.4) is 0 Å². The second-order valence-corrected chi connectivity index (χ2v) is 9.66. The van der Waals surface area contributed by atoms with Crippen LogP contribution in [0, 0.1) is 0 Å². The van der Waals surface area contributed by atoms with Crippen molar-refractivity contribution in [3.05, 3.63) is 23.8 Å². The minimum Gasteiger partial charge on any atom is -0.486 e. The Hall–Kier alpha value is 0.230. The summed E-state index contributed by atoms with van der Waals surface area (Å²) in [5.41, 5.74) is 0.736. The lowest BCUT2D eigenvalue weighted by molar-refractivity contribution is 0.171. The molecule has 0 aliphatic carbocycles. The number of halogens is 1. The van der Waals surface area contributed by atoms with E-state index in [1.165, 1.54) is 6.21 Å². The smallest absolute Gasteiger partial charge is 0.166 e. The summed E-state index contributed by atoms with van der Waals surface area (Å²) in [7, 11) is 2.59. The molecule has 2 unspecified atom stereocenters. The topological polar surface area (TPSA) is 47.9 Å². The molecule has 0 amide bonds. The summed E-state index contributed by atoms with van der Waals surface area (Å²) in [5, 5.41) is 0. The van der Waals surface area contributed by atoms with Crippen molar-refractivity contribution in [1.29, 1.82) is 1.12 Å². The Bertz CT molecular complexity index is 450. The van der Waals surface area contributed by atoms with Gasteiger partial charge >= 0.3 is 0 Å². The fourth-order valence-electron chi connectivity index (χ4n) is 1.22. The molecule has 1 aliphatic rings. The van der Waals surface area contributed by atoms with Gasteiger partial charge in [-0.05, 0) is 29.7 Å². The first-order chi connectivity index (χ1) is 8.67. The van der Waals surface area contributed by atoms with Gasteiger partial charge in [0.1, 0.15) is 25.0 Å². The van der Waals surface area contributed by atoms with E-state index < -0.39 is 11.8 Å². The van der Waals surface area contributed by atoms with Crippen molar-refractivity contribution >= 4 is 54.9 Å². The van der Waals surface area contributed by atoms with Crippen LogP contribution in [-0.2, 0) is 11.8 Å². The molecule has 0 N–H and O–H groups in total. The zero-order valence-electron chi connectivity index (χ0n) is 9.76. The second-order valence-electron chi connectivity index (χ2n) is 2.82. The summed E-state index contributed by atoms with van der Waals surface area (Å²) < 4.78 is 31.3. The fourth-order valence-corrected chi connectivity index (χ4v) is 1.39. The molecule has 4 nitrogen and oxygen atoms in total. The van der Waals surface area contributed by atoms with Gasteiger partial charge in [-0.3, -0.25) is 0 Å². The number of nitrogens with zero attached hydrogens (tertiary/aromatic N) is 1. The van der Waals surface area contributed by atoms with Gasteiger partial charge in [0, 0.05) is 6.21 Å². The zero-order valence-corrected chi connectivity index (χ0v) is 13.9. The zero-order chi connectivity index (χ0) is 13.4. The molecule has 94 valence electrons. The molecule has 1 aromatic rings. The predicted molar refractivity (Wildman–Crippen MR) is 86.6 cm³/mol. The quantitative estimate of drug-likeness (QED) is 0.356. The minimum atomic E-state index is -1.92. The number of rotatable bonds is 2. The van der Waals surface area contributed by atoms with E-state index in [2.05, 4.69) is 35.4 Å². The summed E-state index contributed by atoms with van der Waals surface area (Å²) >= 11 is 0.359. The Balaban J connectivity index is 0.000000492. The van der Waals surface area contributed by atoms with Crippen LogP contribution >= 0.6 is 36.9 Å². The van der Waals surface area contributed by atoms with Gasteiger partial charge in [-0.15, -0.1) is 8.93 Å². The van der Waals surface area contributed by atoms with Gasteiger partial charge in [-0.25, -0.2) is 4.21 Å². The molecule has 0 fully saturated rings. The Morgan fingerprint density at radius 3 is 2.82 bits per heavy atom. The molecular weight excluding hydrogens is 391 g/mol. The third-order valence-corrected chi connectivity index (χ3v) is 2.00. The van der Waals surface area contributed by atoms with E-state index in [4.69, 9.17) is 10.6 Å². The molecule has 1 aliphatic heterocycles. The second kappa shape index (κ2) is 9.20. The SMILES string of the molecule is PPI.[3H][S@](=O)N=Cc1ccc2c(c1)OCCO2. The molecular formula is C9H12INO3P2S. The van der Waals surface area contributed by atoms with Crippen LogP contribution < -0.4 is 9.47 Å². The largest absolute Gasteiger partial charge is 0.486 e. The summed E-state index contributed by atoms with van der Waals surface area (Å²) in [6.07, 6.45) is 1.38. The molecule has 8 heteroatoms. The number of hydrogen-bond acceptors (Lipinski definition) is 3.